The predicted molar refractivity (Wildman–Crippen MR) is 89.0 cm³/mol. The molecule has 0 heterocycles. The Bertz CT molecular complexity index is 605. The number of hydrogen-bond acceptors (Lipinski definition) is 2. The molecule has 2 aromatic rings. The number of ether oxygens (including phenoxy) is 1. The van der Waals surface area contributed by atoms with Crippen molar-refractivity contribution in [1.82, 2.24) is 5.32 Å². The molecule has 2 rings (SSSR count). The summed E-state index contributed by atoms with van der Waals surface area (Å²) in [6, 6.07) is 16.2. The summed E-state index contributed by atoms with van der Waals surface area (Å²) in [7, 11) is 1.64. The van der Waals surface area contributed by atoms with Crippen molar-refractivity contribution in [2.45, 2.75) is 32.7 Å². The summed E-state index contributed by atoms with van der Waals surface area (Å²) in [6.45, 7) is 2.64. The average Bonchev–Trinajstić information content (AvgIpc) is 2.58. The molecule has 0 saturated heterocycles. The second-order valence-electron chi connectivity index (χ2n) is 5.26. The third-order valence-corrected chi connectivity index (χ3v) is 3.74. The molecule has 22 heavy (non-hydrogen) atoms. The molecule has 0 unspecified atom stereocenters. The van der Waals surface area contributed by atoms with Crippen molar-refractivity contribution in [2.24, 2.45) is 0 Å². The van der Waals surface area contributed by atoms with Gasteiger partial charge in [0, 0.05) is 18.5 Å². The van der Waals surface area contributed by atoms with Crippen LogP contribution in [0.1, 0.15) is 30.0 Å². The first-order valence-corrected chi connectivity index (χ1v) is 7.69. The second kappa shape index (κ2) is 8.23. The Hall–Kier alpha value is -2.29. The fraction of sp³-hybridized carbons (Fsp3) is 0.316. The summed E-state index contributed by atoms with van der Waals surface area (Å²) in [5, 5.41) is 2.95. The molecule has 0 spiro atoms. The van der Waals surface area contributed by atoms with E-state index < -0.39 is 0 Å². The van der Waals surface area contributed by atoms with Crippen LogP contribution < -0.4 is 10.1 Å². The number of rotatable bonds is 7. The second-order valence-corrected chi connectivity index (χ2v) is 5.26. The zero-order chi connectivity index (χ0) is 15.8. The van der Waals surface area contributed by atoms with Gasteiger partial charge in [0.05, 0.1) is 7.11 Å². The SMILES string of the molecule is CCc1ccc(CCC(=O)NCc2ccccc2OC)cc1. The maximum absolute atomic E-state index is 12.0. The molecule has 2 aromatic carbocycles. The standard InChI is InChI=1S/C19H23NO2/c1-3-15-8-10-16(11-9-15)12-13-19(21)20-14-17-6-4-5-7-18(17)22-2/h4-11H,3,12-14H2,1-2H3,(H,20,21). The molecule has 3 nitrogen and oxygen atoms in total. The van der Waals surface area contributed by atoms with Crippen LogP contribution in [0.5, 0.6) is 5.75 Å². The third-order valence-electron chi connectivity index (χ3n) is 3.74. The van der Waals surface area contributed by atoms with Crippen molar-refractivity contribution in [2.75, 3.05) is 7.11 Å². The smallest absolute Gasteiger partial charge is 0.220 e. The average molecular weight is 297 g/mol. The minimum Gasteiger partial charge on any atom is -0.496 e. The Balaban J connectivity index is 1.80. The van der Waals surface area contributed by atoms with Crippen molar-refractivity contribution >= 4 is 5.91 Å². The minimum absolute atomic E-state index is 0.0606. The lowest BCUT2D eigenvalue weighted by Gasteiger charge is -2.09. The fourth-order valence-electron chi connectivity index (χ4n) is 2.33. The van der Waals surface area contributed by atoms with Gasteiger partial charge in [-0.05, 0) is 30.0 Å². The molecule has 0 atom stereocenters. The van der Waals surface area contributed by atoms with Crippen molar-refractivity contribution in [3.63, 3.8) is 0 Å². The van der Waals surface area contributed by atoms with Crippen molar-refractivity contribution < 1.29 is 9.53 Å². The Morgan fingerprint density at radius 1 is 1.05 bits per heavy atom. The molecule has 116 valence electrons. The molecule has 1 amide bonds. The zero-order valence-corrected chi connectivity index (χ0v) is 13.3. The number of amides is 1. The Morgan fingerprint density at radius 3 is 2.41 bits per heavy atom. The third kappa shape index (κ3) is 4.62. The van der Waals surface area contributed by atoms with Crippen molar-refractivity contribution in [1.29, 1.82) is 0 Å². The van der Waals surface area contributed by atoms with Crippen LogP contribution in [0.15, 0.2) is 48.5 Å². The van der Waals surface area contributed by atoms with Gasteiger partial charge in [0.15, 0.2) is 0 Å². The van der Waals surface area contributed by atoms with Gasteiger partial charge in [-0.1, -0.05) is 49.4 Å². The van der Waals surface area contributed by atoms with E-state index in [2.05, 4.69) is 36.5 Å². The summed E-state index contributed by atoms with van der Waals surface area (Å²) in [4.78, 5) is 12.0. The lowest BCUT2D eigenvalue weighted by Crippen LogP contribution is -2.23. The number of benzene rings is 2. The molecular weight excluding hydrogens is 274 g/mol. The van der Waals surface area contributed by atoms with Crippen LogP contribution in [0, 0.1) is 0 Å². The predicted octanol–water partition coefficient (Wildman–Crippen LogP) is 3.51. The highest BCUT2D eigenvalue weighted by atomic mass is 16.5. The number of nitrogens with one attached hydrogen (secondary N) is 1. The van der Waals surface area contributed by atoms with Crippen molar-refractivity contribution in [3.05, 3.63) is 65.2 Å². The summed E-state index contributed by atoms with van der Waals surface area (Å²) in [5.74, 6) is 0.864. The molecule has 1 N–H and O–H groups in total. The van der Waals surface area contributed by atoms with Crippen LogP contribution >= 0.6 is 0 Å². The maximum atomic E-state index is 12.0. The van der Waals surface area contributed by atoms with Gasteiger partial charge >= 0.3 is 0 Å². The van der Waals surface area contributed by atoms with Crippen molar-refractivity contribution in [3.8, 4) is 5.75 Å². The van der Waals surface area contributed by atoms with Gasteiger partial charge in [0.1, 0.15) is 5.75 Å². The first-order chi connectivity index (χ1) is 10.7. The summed E-state index contributed by atoms with van der Waals surface area (Å²) < 4.78 is 5.28. The van der Waals surface area contributed by atoms with Crippen LogP contribution in [0.4, 0.5) is 0 Å². The van der Waals surface area contributed by atoms with E-state index >= 15 is 0 Å². The van der Waals surface area contributed by atoms with E-state index in [1.165, 1.54) is 11.1 Å². The molecule has 0 aromatic heterocycles. The van der Waals surface area contributed by atoms with E-state index in [4.69, 9.17) is 4.74 Å². The van der Waals surface area contributed by atoms with Gasteiger partial charge in [-0.25, -0.2) is 0 Å². The molecule has 0 radical (unpaired) electrons. The molecule has 0 saturated carbocycles. The highest BCUT2D eigenvalue weighted by molar-refractivity contribution is 5.76. The van der Waals surface area contributed by atoms with E-state index in [9.17, 15) is 4.79 Å². The lowest BCUT2D eigenvalue weighted by molar-refractivity contribution is -0.121. The van der Waals surface area contributed by atoms with Gasteiger partial charge in [0.25, 0.3) is 0 Å². The highest BCUT2D eigenvalue weighted by Gasteiger charge is 2.05. The summed E-state index contributed by atoms with van der Waals surface area (Å²) in [6.07, 6.45) is 2.31. The Kier molecular flexibility index (Phi) is 6.01. The highest BCUT2D eigenvalue weighted by Crippen LogP contribution is 2.16. The van der Waals surface area contributed by atoms with E-state index in [-0.39, 0.29) is 5.91 Å². The minimum atomic E-state index is 0.0606. The van der Waals surface area contributed by atoms with Crippen LogP contribution in [0.3, 0.4) is 0 Å². The summed E-state index contributed by atoms with van der Waals surface area (Å²) >= 11 is 0. The van der Waals surface area contributed by atoms with Gasteiger partial charge in [0.2, 0.25) is 5.91 Å². The van der Waals surface area contributed by atoms with Crippen LogP contribution in [-0.4, -0.2) is 13.0 Å². The molecule has 3 heteroatoms. The number of para-hydroxylation sites is 1. The topological polar surface area (TPSA) is 38.3 Å². The number of aryl methyl sites for hydroxylation is 2. The molecule has 0 aliphatic rings. The zero-order valence-electron chi connectivity index (χ0n) is 13.3. The summed E-state index contributed by atoms with van der Waals surface area (Å²) in [5.41, 5.74) is 3.51. The Morgan fingerprint density at radius 2 is 1.73 bits per heavy atom. The quantitative estimate of drug-likeness (QED) is 0.849. The number of carbonyl (C=O) groups is 1. The fourth-order valence-corrected chi connectivity index (χ4v) is 2.33. The molecule has 0 bridgehead atoms. The Labute approximate surface area is 132 Å². The monoisotopic (exact) mass is 297 g/mol. The maximum Gasteiger partial charge on any atom is 0.220 e. The van der Waals surface area contributed by atoms with Gasteiger partial charge < -0.3 is 10.1 Å². The number of carbonyl (C=O) groups excluding carboxylic acids is 1. The van der Waals surface area contributed by atoms with E-state index in [1.54, 1.807) is 7.11 Å². The van der Waals surface area contributed by atoms with Crippen LogP contribution in [0.2, 0.25) is 0 Å². The van der Waals surface area contributed by atoms with Crippen LogP contribution in [-0.2, 0) is 24.2 Å². The number of methoxy groups -OCH3 is 1. The largest absolute Gasteiger partial charge is 0.496 e. The van der Waals surface area contributed by atoms with Gasteiger partial charge in [-0.2, -0.15) is 0 Å². The van der Waals surface area contributed by atoms with Gasteiger partial charge in [-0.15, -0.1) is 0 Å². The molecule has 0 aliphatic carbocycles. The van der Waals surface area contributed by atoms with E-state index in [0.29, 0.717) is 13.0 Å². The first kappa shape index (κ1) is 16.1. The normalized spacial score (nSPS) is 10.3. The molecule has 0 fully saturated rings. The van der Waals surface area contributed by atoms with Crippen LogP contribution in [0.25, 0.3) is 0 Å². The molecule has 0 aliphatic heterocycles. The van der Waals surface area contributed by atoms with E-state index in [0.717, 1.165) is 24.2 Å². The first-order valence-electron chi connectivity index (χ1n) is 7.69. The molecular formula is C19H23NO2. The van der Waals surface area contributed by atoms with E-state index in [1.807, 2.05) is 24.3 Å². The number of hydrogen-bond donors (Lipinski definition) is 1. The van der Waals surface area contributed by atoms with Gasteiger partial charge in [-0.3, -0.25) is 4.79 Å². The lowest BCUT2D eigenvalue weighted by atomic mass is 10.1.